The molecule has 0 aliphatic carbocycles. The number of rotatable bonds is 9. The number of anilines is 1. The van der Waals surface area contributed by atoms with Crippen molar-refractivity contribution >= 4 is 5.82 Å². The van der Waals surface area contributed by atoms with E-state index in [9.17, 15) is 9.90 Å². The average molecular weight is 429 g/mol. The molecule has 3 rings (SSSR count). The van der Waals surface area contributed by atoms with Crippen LogP contribution in [0.3, 0.4) is 0 Å². The maximum absolute atomic E-state index is 12.4. The lowest BCUT2D eigenvalue weighted by atomic mass is 9.96. The zero-order valence-electron chi connectivity index (χ0n) is 17.9. The predicted octanol–water partition coefficient (Wildman–Crippen LogP) is 1.00. The average Bonchev–Trinajstić information content (AvgIpc) is 3.21. The van der Waals surface area contributed by atoms with Gasteiger partial charge in [0.05, 0.1) is 6.61 Å². The van der Waals surface area contributed by atoms with Crippen molar-refractivity contribution in [3.63, 3.8) is 0 Å². The molecule has 5 atom stereocenters. The van der Waals surface area contributed by atoms with Crippen LogP contribution < -0.4 is 11.2 Å². The normalized spacial score (nSPS) is 29.0. The van der Waals surface area contributed by atoms with E-state index >= 15 is 0 Å². The quantitative estimate of drug-likeness (QED) is 0.386. The maximum atomic E-state index is 12.4. The highest BCUT2D eigenvalue weighted by molar-refractivity contribution is 5.28. The summed E-state index contributed by atoms with van der Waals surface area (Å²) in [4.78, 5) is 16.1. The van der Waals surface area contributed by atoms with Crippen LogP contribution in [0.4, 0.5) is 5.82 Å². The van der Waals surface area contributed by atoms with Crippen molar-refractivity contribution < 1.29 is 34.0 Å². The summed E-state index contributed by atoms with van der Waals surface area (Å²) in [5.41, 5.74) is 0.392. The van der Waals surface area contributed by atoms with Gasteiger partial charge >= 0.3 is 5.69 Å². The Morgan fingerprint density at radius 3 is 2.57 bits per heavy atom. The number of hydrogen-bond acceptors (Lipinski definition) is 10. The molecule has 3 N–H and O–H groups in total. The second-order valence-corrected chi connectivity index (χ2v) is 7.91. The molecule has 170 valence electrons. The molecule has 11 heteroatoms. The minimum Gasteiger partial charge on any atom is -0.373 e. The van der Waals surface area contributed by atoms with E-state index in [1.807, 2.05) is 19.3 Å². The van der Waals surface area contributed by atoms with Gasteiger partial charge in [-0.1, -0.05) is 13.8 Å². The van der Waals surface area contributed by atoms with Crippen molar-refractivity contribution in [2.24, 2.45) is 0 Å². The number of nitrogens with one attached hydrogen (secondary N) is 1. The van der Waals surface area contributed by atoms with Crippen LogP contribution in [0.25, 0.3) is 0 Å². The van der Waals surface area contributed by atoms with Crippen molar-refractivity contribution in [1.29, 1.82) is 0 Å². The van der Waals surface area contributed by atoms with Crippen LogP contribution >= 0.6 is 0 Å². The van der Waals surface area contributed by atoms with Gasteiger partial charge in [0.25, 0.3) is 0 Å². The summed E-state index contributed by atoms with van der Waals surface area (Å²) in [5.74, 6) is -0.853. The SMILES string of the molecule is CCC(CC)(OC)C(O)OC[C@H]1O[C@@H](n2ccc(NO)nc2=O)[C@@H]2OC(C)(C)O[C@@H]21. The standard InChI is InChI=1S/C19H31N3O8/c1-6-19(7-2,26-5)16(23)27-10-11-13-14(30-18(3,4)29-13)15(28-11)22-9-8-12(21-25)20-17(22)24/h8-9,11,13-16,23,25H,6-7,10H2,1-5H3,(H,20,21,24)/t11-,13-,14-,15-,16?/m1/s1. The fourth-order valence-electron chi connectivity index (χ4n) is 4.01. The third kappa shape index (κ3) is 4.24. The van der Waals surface area contributed by atoms with Gasteiger partial charge in [0.1, 0.15) is 23.9 Å². The molecule has 11 nitrogen and oxygen atoms in total. The molecule has 1 unspecified atom stereocenters. The summed E-state index contributed by atoms with van der Waals surface area (Å²) in [6, 6.07) is 1.43. The Kier molecular flexibility index (Phi) is 6.82. The van der Waals surface area contributed by atoms with Gasteiger partial charge in [-0.15, -0.1) is 0 Å². The number of fused-ring (bicyclic) bond motifs is 1. The Hall–Kier alpha value is -1.60. The third-order valence-electron chi connectivity index (χ3n) is 5.82. The van der Waals surface area contributed by atoms with E-state index in [-0.39, 0.29) is 12.4 Å². The van der Waals surface area contributed by atoms with Crippen LogP contribution in [0.2, 0.25) is 0 Å². The molecule has 1 aromatic rings. The molecule has 0 radical (unpaired) electrons. The summed E-state index contributed by atoms with van der Waals surface area (Å²) in [5, 5.41) is 19.5. The molecular weight excluding hydrogens is 398 g/mol. The molecule has 0 amide bonds. The molecule has 2 saturated heterocycles. The predicted molar refractivity (Wildman–Crippen MR) is 104 cm³/mol. The number of methoxy groups -OCH3 is 1. The van der Waals surface area contributed by atoms with Crippen LogP contribution in [0.15, 0.2) is 17.1 Å². The number of hydrogen-bond donors (Lipinski definition) is 3. The topological polar surface area (TPSA) is 134 Å². The lowest BCUT2D eigenvalue weighted by Crippen LogP contribution is -2.46. The van der Waals surface area contributed by atoms with Gasteiger partial charge in [0, 0.05) is 13.3 Å². The van der Waals surface area contributed by atoms with E-state index in [0.717, 1.165) is 0 Å². The summed E-state index contributed by atoms with van der Waals surface area (Å²) in [7, 11) is 1.54. The minimum atomic E-state index is -1.16. The second kappa shape index (κ2) is 8.87. The van der Waals surface area contributed by atoms with Crippen molar-refractivity contribution in [2.45, 2.75) is 82.8 Å². The highest BCUT2D eigenvalue weighted by atomic mass is 16.8. The number of ether oxygens (including phenoxy) is 5. The van der Waals surface area contributed by atoms with E-state index in [1.54, 1.807) is 21.0 Å². The van der Waals surface area contributed by atoms with Crippen LogP contribution in [-0.4, -0.2) is 69.6 Å². The largest absolute Gasteiger partial charge is 0.373 e. The van der Waals surface area contributed by atoms with Gasteiger partial charge in [-0.05, 0) is 32.8 Å². The first-order valence-corrected chi connectivity index (χ1v) is 10.1. The molecular formula is C19H31N3O8. The monoisotopic (exact) mass is 429 g/mol. The third-order valence-corrected chi connectivity index (χ3v) is 5.82. The molecule has 2 aliphatic rings. The zero-order chi connectivity index (χ0) is 22.1. The number of aliphatic hydroxyl groups is 1. The number of nitrogens with zero attached hydrogens (tertiary/aromatic N) is 2. The number of aliphatic hydroxyl groups excluding tert-OH is 1. The first-order valence-electron chi connectivity index (χ1n) is 10.1. The lowest BCUT2D eigenvalue weighted by Gasteiger charge is -2.35. The van der Waals surface area contributed by atoms with Crippen molar-refractivity contribution in [3.05, 3.63) is 22.7 Å². The summed E-state index contributed by atoms with van der Waals surface area (Å²) >= 11 is 0. The van der Waals surface area contributed by atoms with Crippen molar-refractivity contribution in [1.82, 2.24) is 9.55 Å². The van der Waals surface area contributed by atoms with Gasteiger partial charge in [-0.3, -0.25) is 15.3 Å². The number of aromatic nitrogens is 2. The van der Waals surface area contributed by atoms with Crippen molar-refractivity contribution in [2.75, 3.05) is 19.2 Å². The molecule has 0 bridgehead atoms. The van der Waals surface area contributed by atoms with E-state index in [1.165, 1.54) is 16.8 Å². The van der Waals surface area contributed by atoms with Gasteiger partial charge in [-0.25, -0.2) is 4.79 Å². The molecule has 0 saturated carbocycles. The Morgan fingerprint density at radius 2 is 2.00 bits per heavy atom. The van der Waals surface area contributed by atoms with E-state index in [0.29, 0.717) is 12.8 Å². The van der Waals surface area contributed by atoms with Gasteiger partial charge in [0.15, 0.2) is 24.1 Å². The van der Waals surface area contributed by atoms with Gasteiger partial charge < -0.3 is 28.8 Å². The molecule has 2 aliphatic heterocycles. The van der Waals surface area contributed by atoms with E-state index < -0.39 is 47.9 Å². The Morgan fingerprint density at radius 1 is 1.33 bits per heavy atom. The van der Waals surface area contributed by atoms with Gasteiger partial charge in [-0.2, -0.15) is 4.98 Å². The van der Waals surface area contributed by atoms with Crippen LogP contribution in [0.5, 0.6) is 0 Å². The van der Waals surface area contributed by atoms with Gasteiger partial charge in [0.2, 0.25) is 0 Å². The summed E-state index contributed by atoms with van der Waals surface area (Å²) in [6.07, 6.45) is -1.06. The Bertz CT molecular complexity index is 773. The maximum Gasteiger partial charge on any atom is 0.351 e. The second-order valence-electron chi connectivity index (χ2n) is 7.91. The highest BCUT2D eigenvalue weighted by Crippen LogP contribution is 2.43. The zero-order valence-corrected chi connectivity index (χ0v) is 17.9. The summed E-state index contributed by atoms with van der Waals surface area (Å²) in [6.45, 7) is 7.40. The Balaban J connectivity index is 1.79. The fraction of sp³-hybridized carbons (Fsp3) is 0.789. The lowest BCUT2D eigenvalue weighted by molar-refractivity contribution is -0.247. The molecule has 2 fully saturated rings. The first kappa shape index (κ1) is 23.1. The highest BCUT2D eigenvalue weighted by Gasteiger charge is 2.56. The van der Waals surface area contributed by atoms with E-state index in [4.69, 9.17) is 28.9 Å². The molecule has 3 heterocycles. The molecule has 1 aromatic heterocycles. The fourth-order valence-corrected chi connectivity index (χ4v) is 4.01. The van der Waals surface area contributed by atoms with Crippen LogP contribution in [0.1, 0.15) is 46.8 Å². The smallest absolute Gasteiger partial charge is 0.351 e. The van der Waals surface area contributed by atoms with Crippen LogP contribution in [0, 0.1) is 0 Å². The first-order chi connectivity index (χ1) is 14.2. The summed E-state index contributed by atoms with van der Waals surface area (Å²) < 4.78 is 30.5. The van der Waals surface area contributed by atoms with Crippen LogP contribution in [-0.2, 0) is 23.7 Å². The minimum absolute atomic E-state index is 0.0157. The molecule has 30 heavy (non-hydrogen) atoms. The molecule has 0 spiro atoms. The molecule has 0 aromatic carbocycles. The Labute approximate surface area is 174 Å². The van der Waals surface area contributed by atoms with Crippen molar-refractivity contribution in [3.8, 4) is 0 Å². The van der Waals surface area contributed by atoms with E-state index in [2.05, 4.69) is 4.98 Å².